The lowest BCUT2D eigenvalue weighted by Crippen LogP contribution is -2.64. The average Bonchev–Trinajstić information content (AvgIpc) is 2.76. The van der Waals surface area contributed by atoms with E-state index >= 15 is 0 Å². The van der Waals surface area contributed by atoms with Crippen molar-refractivity contribution >= 4 is 29.9 Å². The van der Waals surface area contributed by atoms with E-state index in [1.807, 2.05) is 7.05 Å². The minimum Gasteiger partial charge on any atom is -0.379 e. The molecule has 162 valence electrons. The number of ether oxygens (including phenoxy) is 1. The van der Waals surface area contributed by atoms with Crippen LogP contribution in [0.5, 0.6) is 0 Å². The van der Waals surface area contributed by atoms with Crippen LogP contribution in [0.25, 0.3) is 0 Å². The molecule has 0 amide bonds. The van der Waals surface area contributed by atoms with E-state index < -0.39 is 0 Å². The number of hydrogen-bond donors (Lipinski definition) is 2. The van der Waals surface area contributed by atoms with Crippen LogP contribution in [0.3, 0.4) is 0 Å². The van der Waals surface area contributed by atoms with Gasteiger partial charge in [-0.05, 0) is 12.8 Å². The second kappa shape index (κ2) is 10.7. The fraction of sp³-hybridized carbons (Fsp3) is 0.950. The summed E-state index contributed by atoms with van der Waals surface area (Å²) in [4.78, 5) is 12.4. The van der Waals surface area contributed by atoms with Crippen LogP contribution in [0.1, 0.15) is 32.1 Å². The van der Waals surface area contributed by atoms with Crippen molar-refractivity contribution in [2.45, 2.75) is 43.7 Å². The van der Waals surface area contributed by atoms with E-state index in [4.69, 9.17) is 4.74 Å². The normalized spacial score (nSPS) is 33.2. The SMILES string of the molecule is CN=C(NCC1CN2CCN1CC2)NCC1(N2CCOCC2)CCCCC1.I. The Morgan fingerprint density at radius 3 is 2.32 bits per heavy atom. The molecule has 4 saturated heterocycles. The van der Waals surface area contributed by atoms with Crippen LogP contribution in [0, 0.1) is 0 Å². The van der Waals surface area contributed by atoms with E-state index in [1.54, 1.807) is 0 Å². The van der Waals surface area contributed by atoms with Gasteiger partial charge in [-0.3, -0.25) is 19.7 Å². The van der Waals surface area contributed by atoms with Crippen LogP contribution < -0.4 is 10.6 Å². The zero-order valence-electron chi connectivity index (χ0n) is 17.5. The Kier molecular flexibility index (Phi) is 8.64. The van der Waals surface area contributed by atoms with Gasteiger partial charge in [-0.25, -0.2) is 0 Å². The van der Waals surface area contributed by atoms with E-state index in [-0.39, 0.29) is 29.5 Å². The molecule has 5 aliphatic rings. The number of nitrogens with zero attached hydrogens (tertiary/aromatic N) is 4. The Hall–Kier alpha value is -0.160. The van der Waals surface area contributed by atoms with Crippen molar-refractivity contribution in [3.8, 4) is 0 Å². The number of aliphatic imine (C=N–C) groups is 1. The highest BCUT2D eigenvalue weighted by Crippen LogP contribution is 2.33. The van der Waals surface area contributed by atoms with Gasteiger partial charge in [-0.2, -0.15) is 0 Å². The second-order valence-corrected chi connectivity index (χ2v) is 8.68. The summed E-state index contributed by atoms with van der Waals surface area (Å²) in [7, 11) is 1.90. The summed E-state index contributed by atoms with van der Waals surface area (Å²) >= 11 is 0. The van der Waals surface area contributed by atoms with Crippen LogP contribution in [0.15, 0.2) is 4.99 Å². The zero-order valence-corrected chi connectivity index (χ0v) is 19.8. The molecule has 0 spiro atoms. The molecular weight excluding hydrogens is 467 g/mol. The van der Waals surface area contributed by atoms with E-state index in [1.165, 1.54) is 64.8 Å². The van der Waals surface area contributed by atoms with Crippen molar-refractivity contribution in [2.24, 2.45) is 4.99 Å². The van der Waals surface area contributed by atoms with Crippen molar-refractivity contribution in [1.29, 1.82) is 0 Å². The van der Waals surface area contributed by atoms with E-state index in [9.17, 15) is 0 Å². The minimum atomic E-state index is 0. The third kappa shape index (κ3) is 5.30. The second-order valence-electron chi connectivity index (χ2n) is 8.68. The number of nitrogens with one attached hydrogen (secondary N) is 2. The Bertz CT molecular complexity index is 499. The van der Waals surface area contributed by atoms with E-state index in [0.29, 0.717) is 6.04 Å². The summed E-state index contributed by atoms with van der Waals surface area (Å²) in [5.41, 5.74) is 0.277. The highest BCUT2D eigenvalue weighted by molar-refractivity contribution is 14.0. The molecule has 8 heteroatoms. The number of halogens is 1. The lowest BCUT2D eigenvalue weighted by atomic mass is 9.80. The fourth-order valence-corrected chi connectivity index (χ4v) is 5.45. The summed E-state index contributed by atoms with van der Waals surface area (Å²) in [5.74, 6) is 0.964. The molecule has 4 aliphatic heterocycles. The average molecular weight is 506 g/mol. The molecule has 2 bridgehead atoms. The summed E-state index contributed by atoms with van der Waals surface area (Å²) in [6.07, 6.45) is 6.66. The fourth-order valence-electron chi connectivity index (χ4n) is 5.45. The maximum atomic E-state index is 5.61. The molecule has 28 heavy (non-hydrogen) atoms. The van der Waals surface area contributed by atoms with E-state index in [2.05, 4.69) is 30.3 Å². The first-order valence-corrected chi connectivity index (χ1v) is 11.0. The predicted molar refractivity (Wildman–Crippen MR) is 125 cm³/mol. The van der Waals surface area contributed by atoms with Crippen molar-refractivity contribution in [2.75, 3.05) is 79.2 Å². The summed E-state index contributed by atoms with van der Waals surface area (Å²) in [6.45, 7) is 12.0. The first kappa shape index (κ1) is 22.5. The molecule has 0 aromatic rings. The van der Waals surface area contributed by atoms with Gasteiger partial charge in [-0.1, -0.05) is 19.3 Å². The highest BCUT2D eigenvalue weighted by Gasteiger charge is 2.38. The van der Waals surface area contributed by atoms with Crippen molar-refractivity contribution in [3.05, 3.63) is 0 Å². The van der Waals surface area contributed by atoms with Crippen molar-refractivity contribution in [1.82, 2.24) is 25.3 Å². The molecule has 1 saturated carbocycles. The largest absolute Gasteiger partial charge is 0.379 e. The Morgan fingerprint density at radius 2 is 1.71 bits per heavy atom. The molecule has 0 radical (unpaired) electrons. The number of morpholine rings is 1. The van der Waals surface area contributed by atoms with Crippen LogP contribution in [-0.2, 0) is 4.74 Å². The zero-order chi connectivity index (χ0) is 18.5. The number of hydrogen-bond acceptors (Lipinski definition) is 5. The van der Waals surface area contributed by atoms with Crippen molar-refractivity contribution in [3.63, 3.8) is 0 Å². The summed E-state index contributed by atoms with van der Waals surface area (Å²) in [6, 6.07) is 0.619. The maximum Gasteiger partial charge on any atom is 0.191 e. The monoisotopic (exact) mass is 506 g/mol. The van der Waals surface area contributed by atoms with Gasteiger partial charge >= 0.3 is 0 Å². The number of piperazine rings is 3. The van der Waals surface area contributed by atoms with Gasteiger partial charge in [0.05, 0.1) is 13.2 Å². The molecule has 5 fully saturated rings. The highest BCUT2D eigenvalue weighted by atomic mass is 127. The molecule has 4 heterocycles. The first-order chi connectivity index (χ1) is 13.3. The van der Waals surface area contributed by atoms with Gasteiger partial charge < -0.3 is 15.4 Å². The van der Waals surface area contributed by atoms with Gasteiger partial charge in [0, 0.05) is 77.5 Å². The quantitative estimate of drug-likeness (QED) is 0.327. The lowest BCUT2D eigenvalue weighted by Gasteiger charge is -2.48. The number of rotatable bonds is 5. The van der Waals surface area contributed by atoms with Crippen LogP contribution in [-0.4, -0.2) is 111 Å². The lowest BCUT2D eigenvalue weighted by molar-refractivity contribution is -0.0353. The van der Waals surface area contributed by atoms with Gasteiger partial charge in [0.2, 0.25) is 0 Å². The molecule has 1 aliphatic carbocycles. The molecule has 0 aromatic heterocycles. The topological polar surface area (TPSA) is 55.4 Å². The standard InChI is InChI=1S/C20H38N6O.HI/c1-21-19(22-15-18-16-24-7-9-25(18)10-8-24)23-17-20(5-3-2-4-6-20)26-11-13-27-14-12-26;/h18H,2-17H2,1H3,(H2,21,22,23);1H. The molecule has 1 unspecified atom stereocenters. The number of guanidine groups is 1. The van der Waals surface area contributed by atoms with Gasteiger partial charge in [0.1, 0.15) is 0 Å². The Labute approximate surface area is 187 Å². The molecule has 2 N–H and O–H groups in total. The van der Waals surface area contributed by atoms with Gasteiger partial charge in [-0.15, -0.1) is 24.0 Å². The Balaban J connectivity index is 0.00000225. The molecular formula is C20H39IN6O. The minimum absolute atomic E-state index is 0. The molecule has 5 rings (SSSR count). The van der Waals surface area contributed by atoms with Crippen LogP contribution in [0.4, 0.5) is 0 Å². The van der Waals surface area contributed by atoms with Gasteiger partial charge in [0.15, 0.2) is 5.96 Å². The third-order valence-corrected chi connectivity index (χ3v) is 7.17. The van der Waals surface area contributed by atoms with Crippen molar-refractivity contribution < 1.29 is 4.74 Å². The van der Waals surface area contributed by atoms with Crippen LogP contribution >= 0.6 is 24.0 Å². The third-order valence-electron chi connectivity index (χ3n) is 7.17. The first-order valence-electron chi connectivity index (χ1n) is 11.0. The summed E-state index contributed by atoms with van der Waals surface area (Å²) in [5, 5.41) is 7.30. The Morgan fingerprint density at radius 1 is 1.00 bits per heavy atom. The maximum absolute atomic E-state index is 5.61. The van der Waals surface area contributed by atoms with Gasteiger partial charge in [0.25, 0.3) is 0 Å². The molecule has 7 nitrogen and oxygen atoms in total. The molecule has 0 aromatic carbocycles. The molecule has 1 atom stereocenters. The van der Waals surface area contributed by atoms with E-state index in [0.717, 1.165) is 45.4 Å². The number of fused-ring (bicyclic) bond motifs is 3. The summed E-state index contributed by atoms with van der Waals surface area (Å²) < 4.78 is 5.61. The van der Waals surface area contributed by atoms with Crippen LogP contribution in [0.2, 0.25) is 0 Å². The predicted octanol–water partition coefficient (Wildman–Crippen LogP) is 0.804. The smallest absolute Gasteiger partial charge is 0.191 e.